The molecule has 2 amide bonds. The van der Waals surface area contributed by atoms with Gasteiger partial charge in [0.25, 0.3) is 5.91 Å². The first kappa shape index (κ1) is 15.2. The van der Waals surface area contributed by atoms with E-state index in [1.165, 1.54) is 0 Å². The third-order valence-electron chi connectivity index (χ3n) is 3.13. The fraction of sp³-hybridized carbons (Fsp3) is 0.438. The standard InChI is InChI=1S/C16H19NO4/c1-16(2,3)21-15(20)12-9-10-13(18)17(12)14(19)11-7-5-4-6-8-11/h4-8,12H,9-10H2,1-3H3. The summed E-state index contributed by atoms with van der Waals surface area (Å²) in [6.07, 6.45) is 0.495. The van der Waals surface area contributed by atoms with Gasteiger partial charge in [-0.15, -0.1) is 0 Å². The molecule has 1 unspecified atom stereocenters. The molecule has 0 radical (unpaired) electrons. The first-order chi connectivity index (χ1) is 9.79. The Kier molecular flexibility index (Phi) is 4.11. The third kappa shape index (κ3) is 3.48. The number of hydrogen-bond donors (Lipinski definition) is 0. The number of amides is 2. The number of likely N-dealkylation sites (tertiary alicyclic amines) is 1. The SMILES string of the molecule is CC(C)(C)OC(=O)C1CCC(=O)N1C(=O)c1ccccc1. The summed E-state index contributed by atoms with van der Waals surface area (Å²) in [6, 6.07) is 7.64. The van der Waals surface area contributed by atoms with Gasteiger partial charge in [0, 0.05) is 12.0 Å². The lowest BCUT2D eigenvalue weighted by molar-refractivity contribution is -0.160. The Morgan fingerprint density at radius 1 is 1.19 bits per heavy atom. The van der Waals surface area contributed by atoms with Crippen molar-refractivity contribution in [2.45, 2.75) is 45.3 Å². The van der Waals surface area contributed by atoms with Crippen molar-refractivity contribution < 1.29 is 19.1 Å². The molecule has 5 heteroatoms. The number of rotatable bonds is 2. The number of benzene rings is 1. The van der Waals surface area contributed by atoms with Crippen LogP contribution in [0.3, 0.4) is 0 Å². The second-order valence-corrected chi connectivity index (χ2v) is 6.02. The summed E-state index contributed by atoms with van der Waals surface area (Å²) >= 11 is 0. The van der Waals surface area contributed by atoms with Crippen molar-refractivity contribution in [3.63, 3.8) is 0 Å². The minimum absolute atomic E-state index is 0.183. The second-order valence-electron chi connectivity index (χ2n) is 6.02. The Balaban J connectivity index is 2.21. The molecule has 1 aromatic rings. The molecule has 0 aromatic heterocycles. The molecule has 1 fully saturated rings. The first-order valence-electron chi connectivity index (χ1n) is 6.94. The van der Waals surface area contributed by atoms with E-state index in [-0.39, 0.29) is 12.3 Å². The van der Waals surface area contributed by atoms with Crippen molar-refractivity contribution in [2.75, 3.05) is 0 Å². The summed E-state index contributed by atoms with van der Waals surface area (Å²) in [5.41, 5.74) is -0.259. The average molecular weight is 289 g/mol. The molecular weight excluding hydrogens is 270 g/mol. The van der Waals surface area contributed by atoms with E-state index in [0.29, 0.717) is 12.0 Å². The van der Waals surface area contributed by atoms with Crippen LogP contribution in [0.5, 0.6) is 0 Å². The topological polar surface area (TPSA) is 63.7 Å². The van der Waals surface area contributed by atoms with Crippen LogP contribution in [0.15, 0.2) is 30.3 Å². The number of esters is 1. The van der Waals surface area contributed by atoms with Crippen LogP contribution in [0.25, 0.3) is 0 Å². The highest BCUT2D eigenvalue weighted by molar-refractivity contribution is 6.08. The highest BCUT2D eigenvalue weighted by Crippen LogP contribution is 2.24. The fourth-order valence-electron chi connectivity index (χ4n) is 2.25. The molecule has 1 atom stereocenters. The molecule has 1 heterocycles. The van der Waals surface area contributed by atoms with Crippen molar-refractivity contribution >= 4 is 17.8 Å². The van der Waals surface area contributed by atoms with E-state index >= 15 is 0 Å². The predicted molar refractivity (Wildman–Crippen MR) is 76.5 cm³/mol. The molecule has 0 N–H and O–H groups in total. The normalized spacial score (nSPS) is 18.7. The molecular formula is C16H19NO4. The Labute approximate surface area is 123 Å². The van der Waals surface area contributed by atoms with E-state index in [9.17, 15) is 14.4 Å². The summed E-state index contributed by atoms with van der Waals surface area (Å²) in [5, 5.41) is 0. The van der Waals surface area contributed by atoms with E-state index in [0.717, 1.165) is 4.90 Å². The van der Waals surface area contributed by atoms with Gasteiger partial charge >= 0.3 is 5.97 Å². The lowest BCUT2D eigenvalue weighted by Gasteiger charge is -2.26. The van der Waals surface area contributed by atoms with Crippen LogP contribution in [-0.4, -0.2) is 34.3 Å². The predicted octanol–water partition coefficient (Wildman–Crippen LogP) is 2.16. The zero-order valence-electron chi connectivity index (χ0n) is 12.5. The van der Waals surface area contributed by atoms with Gasteiger partial charge in [0.05, 0.1) is 0 Å². The van der Waals surface area contributed by atoms with Crippen molar-refractivity contribution in [3.8, 4) is 0 Å². The monoisotopic (exact) mass is 289 g/mol. The van der Waals surface area contributed by atoms with Gasteiger partial charge in [-0.25, -0.2) is 4.79 Å². The Hall–Kier alpha value is -2.17. The smallest absolute Gasteiger partial charge is 0.329 e. The second kappa shape index (κ2) is 5.68. The molecule has 1 aromatic carbocycles. The summed E-state index contributed by atoms with van der Waals surface area (Å²) in [5.74, 6) is -1.31. The van der Waals surface area contributed by atoms with Crippen LogP contribution < -0.4 is 0 Å². The lowest BCUT2D eigenvalue weighted by Crippen LogP contribution is -2.45. The maximum Gasteiger partial charge on any atom is 0.329 e. The summed E-state index contributed by atoms with van der Waals surface area (Å²) in [6.45, 7) is 5.26. The van der Waals surface area contributed by atoms with Gasteiger partial charge in [-0.05, 0) is 39.3 Å². The molecule has 1 aliphatic rings. The molecule has 1 saturated heterocycles. The van der Waals surface area contributed by atoms with Gasteiger partial charge in [-0.1, -0.05) is 18.2 Å². The van der Waals surface area contributed by atoms with Gasteiger partial charge < -0.3 is 4.74 Å². The Bertz CT molecular complexity index is 559. The van der Waals surface area contributed by atoms with Gasteiger partial charge in [0.2, 0.25) is 5.91 Å². The molecule has 1 aliphatic heterocycles. The number of carbonyl (C=O) groups excluding carboxylic acids is 3. The average Bonchev–Trinajstić information content (AvgIpc) is 2.79. The largest absolute Gasteiger partial charge is 0.458 e. The van der Waals surface area contributed by atoms with Crippen LogP contribution in [-0.2, 0) is 14.3 Å². The maximum absolute atomic E-state index is 12.4. The van der Waals surface area contributed by atoms with Crippen molar-refractivity contribution in [1.29, 1.82) is 0 Å². The van der Waals surface area contributed by atoms with E-state index in [1.54, 1.807) is 51.1 Å². The van der Waals surface area contributed by atoms with E-state index in [2.05, 4.69) is 0 Å². The highest BCUT2D eigenvalue weighted by Gasteiger charge is 2.42. The Morgan fingerprint density at radius 2 is 1.81 bits per heavy atom. The number of imide groups is 1. The van der Waals surface area contributed by atoms with Crippen LogP contribution in [0, 0.1) is 0 Å². The van der Waals surface area contributed by atoms with Crippen LogP contribution >= 0.6 is 0 Å². The zero-order chi connectivity index (χ0) is 15.6. The van der Waals surface area contributed by atoms with Crippen molar-refractivity contribution in [3.05, 3.63) is 35.9 Å². The van der Waals surface area contributed by atoms with Crippen molar-refractivity contribution in [1.82, 2.24) is 4.90 Å². The minimum Gasteiger partial charge on any atom is -0.458 e. The number of ether oxygens (including phenoxy) is 1. The molecule has 0 aliphatic carbocycles. The summed E-state index contributed by atoms with van der Waals surface area (Å²) in [7, 11) is 0. The van der Waals surface area contributed by atoms with Gasteiger partial charge in [0.15, 0.2) is 0 Å². The van der Waals surface area contributed by atoms with Crippen LogP contribution in [0.2, 0.25) is 0 Å². The number of carbonyl (C=O) groups is 3. The first-order valence-corrected chi connectivity index (χ1v) is 6.94. The van der Waals surface area contributed by atoms with E-state index < -0.39 is 23.5 Å². The third-order valence-corrected chi connectivity index (χ3v) is 3.13. The van der Waals surface area contributed by atoms with Gasteiger partial charge in [0.1, 0.15) is 11.6 Å². The summed E-state index contributed by atoms with van der Waals surface area (Å²) in [4.78, 5) is 37.6. The minimum atomic E-state index is -0.829. The fourth-order valence-corrected chi connectivity index (χ4v) is 2.25. The molecule has 2 rings (SSSR count). The van der Waals surface area contributed by atoms with E-state index in [1.807, 2.05) is 0 Å². The molecule has 21 heavy (non-hydrogen) atoms. The van der Waals surface area contributed by atoms with Crippen LogP contribution in [0.4, 0.5) is 0 Å². The lowest BCUT2D eigenvalue weighted by atomic mass is 10.1. The highest BCUT2D eigenvalue weighted by atomic mass is 16.6. The molecule has 0 spiro atoms. The Morgan fingerprint density at radius 3 is 2.38 bits per heavy atom. The van der Waals surface area contributed by atoms with Gasteiger partial charge in [-0.2, -0.15) is 0 Å². The molecule has 112 valence electrons. The van der Waals surface area contributed by atoms with Crippen molar-refractivity contribution in [2.24, 2.45) is 0 Å². The number of nitrogens with zero attached hydrogens (tertiary/aromatic N) is 1. The van der Waals surface area contributed by atoms with E-state index in [4.69, 9.17) is 4.74 Å². The molecule has 0 saturated carbocycles. The molecule has 0 bridgehead atoms. The number of hydrogen-bond acceptors (Lipinski definition) is 4. The summed E-state index contributed by atoms with van der Waals surface area (Å²) < 4.78 is 5.30. The maximum atomic E-state index is 12.4. The quantitative estimate of drug-likeness (QED) is 0.618. The van der Waals surface area contributed by atoms with Gasteiger partial charge in [-0.3, -0.25) is 14.5 Å². The zero-order valence-corrected chi connectivity index (χ0v) is 12.5. The van der Waals surface area contributed by atoms with Crippen LogP contribution in [0.1, 0.15) is 44.0 Å². The molecule has 5 nitrogen and oxygen atoms in total.